The molecule has 24 heavy (non-hydrogen) atoms. The maximum absolute atomic E-state index is 3.81. The molecule has 2 aromatic rings. The zero-order chi connectivity index (χ0) is 17.3. The van der Waals surface area contributed by atoms with E-state index >= 15 is 0 Å². The van der Waals surface area contributed by atoms with Crippen molar-refractivity contribution in [2.24, 2.45) is 0 Å². The van der Waals surface area contributed by atoms with Crippen molar-refractivity contribution in [2.45, 2.75) is 46.6 Å². The largest absolute Gasteiger partial charge is 0.376 e. The molecular formula is C23H27N. The monoisotopic (exact) mass is 317 g/mol. The molecule has 0 aliphatic heterocycles. The summed E-state index contributed by atoms with van der Waals surface area (Å²) in [6.07, 6.45) is 7.63. The molecule has 0 fully saturated rings. The van der Waals surface area contributed by atoms with E-state index in [1.54, 1.807) is 0 Å². The van der Waals surface area contributed by atoms with E-state index in [0.717, 1.165) is 6.42 Å². The summed E-state index contributed by atoms with van der Waals surface area (Å²) in [5.41, 5.74) is 9.12. The minimum Gasteiger partial charge on any atom is -0.376 e. The number of anilines is 1. The van der Waals surface area contributed by atoms with Gasteiger partial charge in [-0.25, -0.2) is 0 Å². The van der Waals surface area contributed by atoms with Gasteiger partial charge in [0.2, 0.25) is 0 Å². The van der Waals surface area contributed by atoms with Crippen LogP contribution >= 0.6 is 0 Å². The average Bonchev–Trinajstić information content (AvgIpc) is 3.05. The first kappa shape index (κ1) is 16.6. The van der Waals surface area contributed by atoms with Gasteiger partial charge in [0, 0.05) is 5.69 Å². The van der Waals surface area contributed by atoms with Crippen LogP contribution in [0.25, 0.3) is 5.57 Å². The van der Waals surface area contributed by atoms with E-state index in [2.05, 4.69) is 94.6 Å². The van der Waals surface area contributed by atoms with E-state index in [0.29, 0.717) is 0 Å². The van der Waals surface area contributed by atoms with Gasteiger partial charge in [0.05, 0.1) is 5.54 Å². The number of allylic oxidation sites excluding steroid dienone is 4. The topological polar surface area (TPSA) is 12.0 Å². The van der Waals surface area contributed by atoms with E-state index < -0.39 is 0 Å². The first-order chi connectivity index (χ1) is 11.4. The van der Waals surface area contributed by atoms with Crippen LogP contribution < -0.4 is 5.32 Å². The third-order valence-electron chi connectivity index (χ3n) is 4.83. The Kier molecular flexibility index (Phi) is 4.36. The standard InChI is InChI=1S/C23H27N/c1-16-14-17(2)22(18(3)15-16)24-23(4,5)21-13-9-8-12-20(21)19-10-6-7-11-19/h6-10,12-15,24H,11H2,1-5H3. The minimum absolute atomic E-state index is 0.148. The molecular weight excluding hydrogens is 290 g/mol. The van der Waals surface area contributed by atoms with Crippen LogP contribution in [0, 0.1) is 20.8 Å². The summed E-state index contributed by atoms with van der Waals surface area (Å²) >= 11 is 0. The van der Waals surface area contributed by atoms with Crippen LogP contribution in [-0.4, -0.2) is 0 Å². The Hall–Kier alpha value is -2.28. The molecule has 0 spiro atoms. The number of hydrogen-bond acceptors (Lipinski definition) is 1. The lowest BCUT2D eigenvalue weighted by Gasteiger charge is -2.32. The molecule has 1 N–H and O–H groups in total. The molecule has 0 atom stereocenters. The molecule has 1 aliphatic rings. The Bertz CT molecular complexity index is 799. The third-order valence-corrected chi connectivity index (χ3v) is 4.83. The molecule has 3 rings (SSSR count). The summed E-state index contributed by atoms with van der Waals surface area (Å²) < 4.78 is 0. The Labute approximate surface area is 146 Å². The van der Waals surface area contributed by atoms with Gasteiger partial charge in [-0.15, -0.1) is 0 Å². The second-order valence-corrected chi connectivity index (χ2v) is 7.39. The molecule has 0 heterocycles. The highest BCUT2D eigenvalue weighted by atomic mass is 15.0. The number of rotatable bonds is 4. The average molecular weight is 317 g/mol. The van der Waals surface area contributed by atoms with Crippen LogP contribution in [0.2, 0.25) is 0 Å². The van der Waals surface area contributed by atoms with Crippen molar-refractivity contribution in [2.75, 3.05) is 5.32 Å². The van der Waals surface area contributed by atoms with Gasteiger partial charge in [-0.2, -0.15) is 0 Å². The second kappa shape index (κ2) is 6.32. The van der Waals surface area contributed by atoms with Crippen molar-refractivity contribution in [1.82, 2.24) is 0 Å². The van der Waals surface area contributed by atoms with Crippen LogP contribution in [-0.2, 0) is 5.54 Å². The van der Waals surface area contributed by atoms with Gasteiger partial charge in [-0.3, -0.25) is 0 Å². The zero-order valence-electron chi connectivity index (χ0n) is 15.4. The molecule has 1 nitrogen and oxygen atoms in total. The molecule has 124 valence electrons. The van der Waals surface area contributed by atoms with E-state index in [-0.39, 0.29) is 5.54 Å². The highest BCUT2D eigenvalue weighted by Crippen LogP contribution is 2.36. The summed E-state index contributed by atoms with van der Waals surface area (Å²) in [4.78, 5) is 0. The quantitative estimate of drug-likeness (QED) is 0.697. The molecule has 1 heteroatoms. The van der Waals surface area contributed by atoms with Crippen molar-refractivity contribution in [3.05, 3.63) is 82.4 Å². The lowest BCUT2D eigenvalue weighted by Crippen LogP contribution is -2.30. The molecule has 0 unspecified atom stereocenters. The third kappa shape index (κ3) is 3.17. The van der Waals surface area contributed by atoms with Crippen molar-refractivity contribution < 1.29 is 0 Å². The number of benzene rings is 2. The lowest BCUT2D eigenvalue weighted by molar-refractivity contribution is 0.606. The van der Waals surface area contributed by atoms with Gasteiger partial charge < -0.3 is 5.32 Å². The number of hydrogen-bond donors (Lipinski definition) is 1. The van der Waals surface area contributed by atoms with Crippen LogP contribution in [0.5, 0.6) is 0 Å². The van der Waals surface area contributed by atoms with E-state index in [1.807, 2.05) is 0 Å². The van der Waals surface area contributed by atoms with Crippen molar-refractivity contribution in [3.63, 3.8) is 0 Å². The first-order valence-electron chi connectivity index (χ1n) is 8.70. The van der Waals surface area contributed by atoms with Crippen molar-refractivity contribution >= 4 is 11.3 Å². The Morgan fingerprint density at radius 3 is 2.25 bits per heavy atom. The number of aryl methyl sites for hydroxylation is 3. The summed E-state index contributed by atoms with van der Waals surface area (Å²) in [6.45, 7) is 11.1. The summed E-state index contributed by atoms with van der Waals surface area (Å²) in [5, 5.41) is 3.81. The van der Waals surface area contributed by atoms with Gasteiger partial charge in [0.25, 0.3) is 0 Å². The van der Waals surface area contributed by atoms with Crippen LogP contribution in [0.15, 0.2) is 54.6 Å². The Morgan fingerprint density at radius 1 is 0.958 bits per heavy atom. The normalized spacial score (nSPS) is 14.0. The van der Waals surface area contributed by atoms with Crippen molar-refractivity contribution in [3.8, 4) is 0 Å². The summed E-state index contributed by atoms with van der Waals surface area (Å²) in [5.74, 6) is 0. The first-order valence-corrected chi connectivity index (χ1v) is 8.70. The highest BCUT2D eigenvalue weighted by Gasteiger charge is 2.25. The summed E-state index contributed by atoms with van der Waals surface area (Å²) in [7, 11) is 0. The lowest BCUT2D eigenvalue weighted by atomic mass is 9.86. The fraction of sp³-hybridized carbons (Fsp3) is 0.304. The highest BCUT2D eigenvalue weighted by molar-refractivity contribution is 5.74. The predicted octanol–water partition coefficient (Wildman–Crippen LogP) is 6.30. The smallest absolute Gasteiger partial charge is 0.0575 e. The maximum Gasteiger partial charge on any atom is 0.0575 e. The molecule has 2 aromatic carbocycles. The Morgan fingerprint density at radius 2 is 1.62 bits per heavy atom. The van der Waals surface area contributed by atoms with Gasteiger partial charge in [0.15, 0.2) is 0 Å². The van der Waals surface area contributed by atoms with Gasteiger partial charge >= 0.3 is 0 Å². The van der Waals surface area contributed by atoms with E-state index in [9.17, 15) is 0 Å². The fourth-order valence-electron chi connectivity index (χ4n) is 3.71. The van der Waals surface area contributed by atoms with E-state index in [1.165, 1.54) is 39.1 Å². The summed E-state index contributed by atoms with van der Waals surface area (Å²) in [6, 6.07) is 13.3. The second-order valence-electron chi connectivity index (χ2n) is 7.39. The minimum atomic E-state index is -0.148. The van der Waals surface area contributed by atoms with Gasteiger partial charge in [0.1, 0.15) is 0 Å². The fourth-order valence-corrected chi connectivity index (χ4v) is 3.71. The SMILES string of the molecule is Cc1cc(C)c(NC(C)(C)c2ccccc2C2=CC=CC2)c(C)c1. The Balaban J connectivity index is 2.00. The molecule has 0 radical (unpaired) electrons. The molecule has 0 amide bonds. The number of nitrogens with one attached hydrogen (secondary N) is 1. The predicted molar refractivity (Wildman–Crippen MR) is 105 cm³/mol. The van der Waals surface area contributed by atoms with Crippen molar-refractivity contribution in [1.29, 1.82) is 0 Å². The molecule has 0 saturated heterocycles. The van der Waals surface area contributed by atoms with Crippen LogP contribution in [0.1, 0.15) is 48.1 Å². The maximum atomic E-state index is 3.81. The molecule has 0 aromatic heterocycles. The van der Waals surface area contributed by atoms with Gasteiger partial charge in [-0.1, -0.05) is 60.2 Å². The molecule has 0 saturated carbocycles. The van der Waals surface area contributed by atoms with Crippen LogP contribution in [0.4, 0.5) is 5.69 Å². The molecule has 1 aliphatic carbocycles. The van der Waals surface area contributed by atoms with Crippen LogP contribution in [0.3, 0.4) is 0 Å². The van der Waals surface area contributed by atoms with Gasteiger partial charge in [-0.05, 0) is 68.9 Å². The zero-order valence-corrected chi connectivity index (χ0v) is 15.4. The molecule has 0 bridgehead atoms. The van der Waals surface area contributed by atoms with E-state index in [4.69, 9.17) is 0 Å².